The molecule has 0 N–H and O–H groups in total. The quantitative estimate of drug-likeness (QED) is 0.737. The van der Waals surface area contributed by atoms with Gasteiger partial charge < -0.3 is 14.2 Å². The number of sulfonamides is 1. The van der Waals surface area contributed by atoms with E-state index in [4.69, 9.17) is 4.42 Å². The van der Waals surface area contributed by atoms with Gasteiger partial charge in [-0.15, -0.1) is 0 Å². The van der Waals surface area contributed by atoms with E-state index in [1.807, 2.05) is 6.07 Å². The van der Waals surface area contributed by atoms with E-state index in [1.165, 1.54) is 10.6 Å². The molecule has 1 aromatic rings. The van der Waals surface area contributed by atoms with Crippen LogP contribution >= 0.6 is 0 Å². The van der Waals surface area contributed by atoms with Crippen LogP contribution in [0.15, 0.2) is 23.0 Å². The number of rotatable bonds is 4. The lowest BCUT2D eigenvalue weighted by molar-refractivity contribution is -0.163. The number of hydrogen-bond acceptors (Lipinski definition) is 5. The topological polar surface area (TPSA) is 91.1 Å². The zero-order valence-electron chi connectivity index (χ0n) is 16.3. The SMILES string of the molecule is CN(Cc1ccoc1)C(=O)[C@H]1[C@H]2C[C@H](CN(S(C)(=O)=O)C2)[C@@H]2CCCC(=O)N21. The molecule has 0 aromatic carbocycles. The third-order valence-electron chi connectivity index (χ3n) is 6.41. The molecule has 4 atom stereocenters. The van der Waals surface area contributed by atoms with Crippen molar-refractivity contribution in [2.24, 2.45) is 11.8 Å². The molecule has 4 rings (SSSR count). The molecule has 4 heterocycles. The molecular formula is C19H27N3O5S. The predicted molar refractivity (Wildman–Crippen MR) is 101 cm³/mol. The Bertz CT molecular complexity index is 853. The Balaban J connectivity index is 1.64. The molecule has 28 heavy (non-hydrogen) atoms. The van der Waals surface area contributed by atoms with Gasteiger partial charge in [-0.1, -0.05) is 0 Å². The number of carbonyl (C=O) groups is 2. The number of amides is 2. The molecule has 2 amide bonds. The van der Waals surface area contributed by atoms with E-state index in [0.717, 1.165) is 24.8 Å². The van der Waals surface area contributed by atoms with Crippen molar-refractivity contribution in [1.82, 2.24) is 14.1 Å². The van der Waals surface area contributed by atoms with Crippen molar-refractivity contribution in [2.75, 3.05) is 26.4 Å². The Morgan fingerprint density at radius 3 is 2.75 bits per heavy atom. The number of piperidine rings is 3. The van der Waals surface area contributed by atoms with Crippen LogP contribution in [0.5, 0.6) is 0 Å². The Labute approximate surface area is 165 Å². The van der Waals surface area contributed by atoms with Crippen LogP contribution in [0.3, 0.4) is 0 Å². The zero-order valence-corrected chi connectivity index (χ0v) is 17.1. The van der Waals surface area contributed by atoms with Gasteiger partial charge in [0.05, 0.1) is 18.8 Å². The molecular weight excluding hydrogens is 382 g/mol. The molecule has 1 aromatic heterocycles. The molecule has 3 aliphatic heterocycles. The normalized spacial score (nSPS) is 30.8. The highest BCUT2D eigenvalue weighted by atomic mass is 32.2. The number of furan rings is 1. The van der Waals surface area contributed by atoms with E-state index in [0.29, 0.717) is 26.1 Å². The van der Waals surface area contributed by atoms with Crippen molar-refractivity contribution < 1.29 is 22.4 Å². The number of nitrogens with zero attached hydrogens (tertiary/aromatic N) is 3. The van der Waals surface area contributed by atoms with Crippen LogP contribution in [0, 0.1) is 11.8 Å². The first-order chi connectivity index (χ1) is 13.3. The van der Waals surface area contributed by atoms with Gasteiger partial charge in [-0.2, -0.15) is 0 Å². The fourth-order valence-corrected chi connectivity index (χ4v) is 6.09. The first-order valence-corrected chi connectivity index (χ1v) is 11.6. The maximum Gasteiger partial charge on any atom is 0.245 e. The second-order valence-electron chi connectivity index (χ2n) is 8.37. The Kier molecular flexibility index (Phi) is 4.99. The van der Waals surface area contributed by atoms with Gasteiger partial charge in [-0.05, 0) is 31.2 Å². The lowest BCUT2D eigenvalue weighted by atomic mass is 9.72. The van der Waals surface area contributed by atoms with E-state index in [1.54, 1.807) is 29.4 Å². The lowest BCUT2D eigenvalue weighted by Crippen LogP contribution is -2.68. The summed E-state index contributed by atoms with van der Waals surface area (Å²) in [7, 11) is -1.61. The Hall–Kier alpha value is -1.87. The average molecular weight is 410 g/mol. The van der Waals surface area contributed by atoms with Crippen LogP contribution in [0.2, 0.25) is 0 Å². The van der Waals surface area contributed by atoms with Gasteiger partial charge in [0.1, 0.15) is 6.04 Å². The highest BCUT2D eigenvalue weighted by Gasteiger charge is 2.53. The average Bonchev–Trinajstić information content (AvgIpc) is 3.14. The molecule has 0 spiro atoms. The van der Waals surface area contributed by atoms with Gasteiger partial charge in [-0.3, -0.25) is 9.59 Å². The van der Waals surface area contributed by atoms with Gasteiger partial charge in [0.15, 0.2) is 0 Å². The standard InChI is InChI=1S/C19H27N3O5S/c1-20(9-13-6-7-27-12-13)19(24)18-15-8-14(10-21(11-15)28(2,25)26)16-4-3-5-17(23)22(16)18/h6-7,12,14-16,18H,3-5,8-11H2,1-2H3/t14-,15+,16+,18-/m1/s1. The second kappa shape index (κ2) is 7.18. The summed E-state index contributed by atoms with van der Waals surface area (Å²) in [4.78, 5) is 29.6. The first kappa shape index (κ1) is 19.4. The Morgan fingerprint density at radius 1 is 1.32 bits per heavy atom. The molecule has 0 saturated carbocycles. The van der Waals surface area contributed by atoms with Gasteiger partial charge >= 0.3 is 0 Å². The van der Waals surface area contributed by atoms with E-state index >= 15 is 0 Å². The minimum absolute atomic E-state index is 0.0221. The number of likely N-dealkylation sites (N-methyl/N-ethyl adjacent to an activating group) is 1. The smallest absolute Gasteiger partial charge is 0.245 e. The molecule has 0 unspecified atom stereocenters. The van der Waals surface area contributed by atoms with Crippen LogP contribution in [0.25, 0.3) is 0 Å². The number of carbonyl (C=O) groups excluding carboxylic acids is 2. The highest BCUT2D eigenvalue weighted by molar-refractivity contribution is 7.88. The summed E-state index contributed by atoms with van der Waals surface area (Å²) >= 11 is 0. The largest absolute Gasteiger partial charge is 0.472 e. The van der Waals surface area contributed by atoms with Crippen molar-refractivity contribution in [1.29, 1.82) is 0 Å². The summed E-state index contributed by atoms with van der Waals surface area (Å²) in [5, 5.41) is 0. The molecule has 154 valence electrons. The summed E-state index contributed by atoms with van der Waals surface area (Å²) in [6, 6.07) is 1.15. The van der Waals surface area contributed by atoms with E-state index in [-0.39, 0.29) is 29.7 Å². The summed E-state index contributed by atoms with van der Waals surface area (Å²) in [5.41, 5.74) is 0.882. The van der Waals surface area contributed by atoms with Crippen molar-refractivity contribution in [2.45, 2.75) is 44.3 Å². The molecule has 2 bridgehead atoms. The summed E-state index contributed by atoms with van der Waals surface area (Å²) in [6.07, 6.45) is 7.26. The fourth-order valence-electron chi connectivity index (χ4n) is 5.16. The van der Waals surface area contributed by atoms with Crippen LogP contribution in [0.4, 0.5) is 0 Å². The number of fused-ring (bicyclic) bond motifs is 4. The zero-order chi connectivity index (χ0) is 20.1. The van der Waals surface area contributed by atoms with E-state index < -0.39 is 16.1 Å². The van der Waals surface area contributed by atoms with E-state index in [2.05, 4.69) is 0 Å². The molecule has 0 aliphatic carbocycles. The van der Waals surface area contributed by atoms with Gasteiger partial charge in [0.25, 0.3) is 0 Å². The first-order valence-electron chi connectivity index (χ1n) is 9.78. The minimum atomic E-state index is -3.34. The van der Waals surface area contributed by atoms with Crippen molar-refractivity contribution in [3.63, 3.8) is 0 Å². The van der Waals surface area contributed by atoms with Gasteiger partial charge in [0.2, 0.25) is 21.8 Å². The molecule has 3 saturated heterocycles. The molecule has 9 heteroatoms. The van der Waals surface area contributed by atoms with Crippen molar-refractivity contribution in [3.8, 4) is 0 Å². The third-order valence-corrected chi connectivity index (χ3v) is 7.64. The van der Waals surface area contributed by atoms with Gasteiger partial charge in [0, 0.05) is 50.6 Å². The summed E-state index contributed by atoms with van der Waals surface area (Å²) in [6.45, 7) is 1.13. The fraction of sp³-hybridized carbons (Fsp3) is 0.684. The minimum Gasteiger partial charge on any atom is -0.472 e. The van der Waals surface area contributed by atoms with Crippen LogP contribution in [0.1, 0.15) is 31.2 Å². The molecule has 8 nitrogen and oxygen atoms in total. The van der Waals surface area contributed by atoms with Gasteiger partial charge in [-0.25, -0.2) is 12.7 Å². The van der Waals surface area contributed by atoms with E-state index in [9.17, 15) is 18.0 Å². The Morgan fingerprint density at radius 2 is 2.07 bits per heavy atom. The predicted octanol–water partition coefficient (Wildman–Crippen LogP) is 0.899. The maximum absolute atomic E-state index is 13.4. The maximum atomic E-state index is 13.4. The number of hydrogen-bond donors (Lipinski definition) is 0. The molecule has 0 radical (unpaired) electrons. The van der Waals surface area contributed by atoms with Crippen LogP contribution in [-0.2, 0) is 26.2 Å². The van der Waals surface area contributed by atoms with Crippen LogP contribution < -0.4 is 0 Å². The third kappa shape index (κ3) is 3.45. The van der Waals surface area contributed by atoms with Crippen LogP contribution in [-0.4, -0.2) is 72.8 Å². The highest BCUT2D eigenvalue weighted by Crippen LogP contribution is 2.42. The second-order valence-corrected chi connectivity index (χ2v) is 10.3. The monoisotopic (exact) mass is 409 g/mol. The molecule has 3 fully saturated rings. The lowest BCUT2D eigenvalue weighted by Gasteiger charge is -2.55. The summed E-state index contributed by atoms with van der Waals surface area (Å²) < 4.78 is 31.0. The van der Waals surface area contributed by atoms with Crippen molar-refractivity contribution in [3.05, 3.63) is 24.2 Å². The molecule has 3 aliphatic rings. The summed E-state index contributed by atoms with van der Waals surface area (Å²) in [5.74, 6) is -0.180. The van der Waals surface area contributed by atoms with Crippen molar-refractivity contribution >= 4 is 21.8 Å².